The van der Waals surface area contributed by atoms with Crippen molar-refractivity contribution in [3.05, 3.63) is 84.7 Å². The van der Waals surface area contributed by atoms with Crippen LogP contribution >= 0.6 is 11.8 Å². The van der Waals surface area contributed by atoms with Crippen LogP contribution in [0.2, 0.25) is 0 Å². The number of nitriles is 1. The summed E-state index contributed by atoms with van der Waals surface area (Å²) < 4.78 is 1.66. The van der Waals surface area contributed by atoms with Crippen LogP contribution in [0, 0.1) is 16.7 Å². The minimum absolute atomic E-state index is 0.0366. The Kier molecular flexibility index (Phi) is 5.91. The molecular formula is C25H20N5OS+. The maximum Gasteiger partial charge on any atom is 0.328 e. The highest BCUT2D eigenvalue weighted by atomic mass is 32.2. The molecule has 2 heterocycles. The molecule has 6 nitrogen and oxygen atoms in total. The maximum atomic E-state index is 14.0. The third kappa shape index (κ3) is 3.93. The van der Waals surface area contributed by atoms with Crippen molar-refractivity contribution in [1.82, 2.24) is 0 Å². The van der Waals surface area contributed by atoms with E-state index in [0.29, 0.717) is 0 Å². The standard InChI is InChI=1S/C25H20N5OS/c1-28(2)19-11-13-29(14-12-19)22(15-18(16-26)17-27)25(31)30-20-7-3-5-9-23(20)32-24-10-6-4-8-21(24)30/h3-15,26H,1-2H3/q+1. The number of para-hydroxylation sites is 2. The van der Waals surface area contributed by atoms with E-state index < -0.39 is 0 Å². The summed E-state index contributed by atoms with van der Waals surface area (Å²) in [7, 11) is 3.87. The van der Waals surface area contributed by atoms with Crippen molar-refractivity contribution < 1.29 is 9.36 Å². The lowest BCUT2D eigenvalue weighted by molar-refractivity contribution is -0.577. The molecule has 0 unspecified atom stereocenters. The van der Waals surface area contributed by atoms with Gasteiger partial charge >= 0.3 is 5.91 Å². The van der Waals surface area contributed by atoms with Gasteiger partial charge in [0.25, 0.3) is 5.70 Å². The number of nitrogens with one attached hydrogen (secondary N) is 1. The lowest BCUT2D eigenvalue weighted by Crippen LogP contribution is -2.42. The van der Waals surface area contributed by atoms with Gasteiger partial charge in [0.1, 0.15) is 11.6 Å². The van der Waals surface area contributed by atoms with Crippen LogP contribution in [0.3, 0.4) is 0 Å². The lowest BCUT2D eigenvalue weighted by atomic mass is 10.1. The molecule has 1 aromatic heterocycles. The van der Waals surface area contributed by atoms with Crippen molar-refractivity contribution in [2.24, 2.45) is 0 Å². The highest BCUT2D eigenvalue weighted by Gasteiger charge is 2.34. The van der Waals surface area contributed by atoms with Crippen LogP contribution in [-0.2, 0) is 4.79 Å². The Morgan fingerprint density at radius 1 is 1.03 bits per heavy atom. The zero-order valence-electron chi connectivity index (χ0n) is 17.6. The van der Waals surface area contributed by atoms with E-state index in [1.54, 1.807) is 33.6 Å². The van der Waals surface area contributed by atoms with E-state index in [1.165, 1.54) is 6.08 Å². The first-order valence-electron chi connectivity index (χ1n) is 9.84. The molecule has 0 radical (unpaired) electrons. The molecule has 1 aliphatic rings. The second-order valence-corrected chi connectivity index (χ2v) is 8.30. The first-order chi connectivity index (χ1) is 15.5. The van der Waals surface area contributed by atoms with Crippen LogP contribution < -0.4 is 14.4 Å². The SMILES string of the molecule is CN(C)c1cc[n+](C(=CC(=C=N)C#N)C(=O)N2c3ccccc3Sc3ccccc32)cc1. The molecule has 0 saturated heterocycles. The van der Waals surface area contributed by atoms with Gasteiger partial charge in [-0.15, -0.1) is 0 Å². The number of aromatic nitrogens is 1. The molecule has 2 aromatic carbocycles. The number of allylic oxidation sites excluding steroid dienone is 2. The molecule has 0 atom stereocenters. The molecule has 0 saturated carbocycles. The van der Waals surface area contributed by atoms with E-state index >= 15 is 0 Å². The molecule has 7 heteroatoms. The quantitative estimate of drug-likeness (QED) is 0.215. The van der Waals surface area contributed by atoms with Crippen molar-refractivity contribution in [2.75, 3.05) is 23.9 Å². The van der Waals surface area contributed by atoms with Crippen LogP contribution in [0.25, 0.3) is 5.70 Å². The predicted molar refractivity (Wildman–Crippen MR) is 126 cm³/mol. The minimum atomic E-state index is -0.309. The third-order valence-electron chi connectivity index (χ3n) is 5.00. The van der Waals surface area contributed by atoms with Gasteiger partial charge in [0.05, 0.1) is 11.4 Å². The van der Waals surface area contributed by atoms with Gasteiger partial charge in [-0.3, -0.25) is 15.1 Å². The number of hydrogen-bond acceptors (Lipinski definition) is 5. The molecule has 32 heavy (non-hydrogen) atoms. The normalized spacial score (nSPS) is 12.2. The summed E-state index contributed by atoms with van der Waals surface area (Å²) in [5, 5.41) is 16.8. The first kappa shape index (κ1) is 21.1. The average molecular weight is 439 g/mol. The van der Waals surface area contributed by atoms with Crippen LogP contribution in [0.15, 0.2) is 94.5 Å². The number of rotatable bonds is 4. The van der Waals surface area contributed by atoms with E-state index in [4.69, 9.17) is 5.41 Å². The van der Waals surface area contributed by atoms with Crippen LogP contribution in [0.4, 0.5) is 17.1 Å². The van der Waals surface area contributed by atoms with Gasteiger partial charge in [0.2, 0.25) is 0 Å². The molecule has 4 rings (SSSR count). The summed E-state index contributed by atoms with van der Waals surface area (Å²) >= 11 is 1.61. The molecule has 1 amide bonds. The number of anilines is 3. The van der Waals surface area contributed by atoms with Crippen molar-refractivity contribution in [3.8, 4) is 6.07 Å². The largest absolute Gasteiger partial charge is 0.377 e. The summed E-state index contributed by atoms with van der Waals surface area (Å²) in [4.78, 5) is 19.6. The number of nitrogens with zero attached hydrogens (tertiary/aromatic N) is 4. The van der Waals surface area contributed by atoms with Crippen molar-refractivity contribution in [2.45, 2.75) is 9.79 Å². The summed E-state index contributed by atoms with van der Waals surface area (Å²) in [6, 6.07) is 21.2. The number of carbonyl (C=O) groups excluding carboxylic acids is 1. The lowest BCUT2D eigenvalue weighted by Gasteiger charge is -2.30. The molecular weight excluding hydrogens is 418 g/mol. The van der Waals surface area contributed by atoms with E-state index in [9.17, 15) is 10.1 Å². The van der Waals surface area contributed by atoms with Gasteiger partial charge in [0, 0.05) is 47.8 Å². The monoisotopic (exact) mass is 438 g/mol. The maximum absolute atomic E-state index is 14.0. The summed E-state index contributed by atoms with van der Waals surface area (Å²) in [6.07, 6.45) is 4.95. The molecule has 0 fully saturated rings. The Morgan fingerprint density at radius 3 is 2.09 bits per heavy atom. The zero-order valence-corrected chi connectivity index (χ0v) is 18.4. The number of amides is 1. The Hall–Kier alpha value is -4.11. The minimum Gasteiger partial charge on any atom is -0.377 e. The number of carbonyl (C=O) groups is 1. The van der Waals surface area contributed by atoms with E-state index in [-0.39, 0.29) is 17.2 Å². The van der Waals surface area contributed by atoms with Gasteiger partial charge < -0.3 is 4.90 Å². The van der Waals surface area contributed by atoms with Crippen LogP contribution in [0.5, 0.6) is 0 Å². The first-order valence-corrected chi connectivity index (χ1v) is 10.7. The zero-order chi connectivity index (χ0) is 22.7. The highest BCUT2D eigenvalue weighted by Crippen LogP contribution is 2.48. The van der Waals surface area contributed by atoms with Gasteiger partial charge in [-0.25, -0.2) is 0 Å². The highest BCUT2D eigenvalue weighted by molar-refractivity contribution is 7.99. The predicted octanol–water partition coefficient (Wildman–Crippen LogP) is 4.41. The topological polar surface area (TPSA) is 75.1 Å². The smallest absolute Gasteiger partial charge is 0.328 e. The fraction of sp³-hybridized carbons (Fsp3) is 0.0800. The fourth-order valence-electron chi connectivity index (χ4n) is 3.40. The molecule has 0 spiro atoms. The van der Waals surface area contributed by atoms with Gasteiger partial charge in [-0.1, -0.05) is 36.0 Å². The van der Waals surface area contributed by atoms with Gasteiger partial charge in [-0.2, -0.15) is 9.83 Å². The van der Waals surface area contributed by atoms with Gasteiger partial charge in [-0.05, 0) is 30.1 Å². The summed E-state index contributed by atoms with van der Waals surface area (Å²) in [6.45, 7) is 0. The Bertz CT molecular complexity index is 1270. The van der Waals surface area contributed by atoms with Crippen molar-refractivity contribution >= 4 is 46.3 Å². The molecule has 1 N–H and O–H groups in total. The Labute approximate surface area is 190 Å². The second-order valence-electron chi connectivity index (χ2n) is 7.22. The number of pyridine rings is 1. The number of benzene rings is 2. The molecule has 0 bridgehead atoms. The Morgan fingerprint density at radius 2 is 1.59 bits per heavy atom. The summed E-state index contributed by atoms with van der Waals surface area (Å²) in [5.41, 5.74) is 2.72. The molecule has 3 aromatic rings. The fourth-order valence-corrected chi connectivity index (χ4v) is 4.45. The number of hydrogen-bond donors (Lipinski definition) is 1. The Balaban J connectivity index is 1.89. The molecule has 0 aliphatic carbocycles. The van der Waals surface area contributed by atoms with Crippen LogP contribution in [0.1, 0.15) is 0 Å². The van der Waals surface area contributed by atoms with Crippen molar-refractivity contribution in [3.63, 3.8) is 0 Å². The average Bonchev–Trinajstić information content (AvgIpc) is 2.83. The van der Waals surface area contributed by atoms with E-state index in [1.807, 2.05) is 85.7 Å². The van der Waals surface area contributed by atoms with E-state index in [2.05, 4.69) is 5.87 Å². The summed E-state index contributed by atoms with van der Waals surface area (Å²) in [5.74, 6) is 1.80. The molecule has 1 aliphatic heterocycles. The molecule has 156 valence electrons. The third-order valence-corrected chi connectivity index (χ3v) is 6.13. The second kappa shape index (κ2) is 8.94. The van der Waals surface area contributed by atoms with E-state index in [0.717, 1.165) is 26.9 Å². The van der Waals surface area contributed by atoms with Gasteiger partial charge in [0.15, 0.2) is 12.4 Å². The van der Waals surface area contributed by atoms with Crippen molar-refractivity contribution in [1.29, 1.82) is 10.7 Å². The van der Waals surface area contributed by atoms with Crippen LogP contribution in [-0.4, -0.2) is 25.9 Å². The number of fused-ring (bicyclic) bond motifs is 2.